The molecule has 7 heteroatoms. The molecule has 0 unspecified atom stereocenters. The number of nitrogens with zero attached hydrogens (tertiary/aromatic N) is 2. The third kappa shape index (κ3) is 5.45. The van der Waals surface area contributed by atoms with Gasteiger partial charge in [-0.1, -0.05) is 36.4 Å². The van der Waals surface area contributed by atoms with Crippen molar-refractivity contribution in [2.45, 2.75) is 26.6 Å². The van der Waals surface area contributed by atoms with Gasteiger partial charge in [-0.05, 0) is 41.8 Å². The molecule has 0 radical (unpaired) electrons. The first-order valence-corrected chi connectivity index (χ1v) is 10.4. The summed E-state index contributed by atoms with van der Waals surface area (Å²) in [7, 11) is 0. The maximum atomic E-state index is 11.9. The van der Waals surface area contributed by atoms with Crippen molar-refractivity contribution in [1.29, 1.82) is 0 Å². The van der Waals surface area contributed by atoms with Crippen molar-refractivity contribution in [3.8, 4) is 11.5 Å². The second kappa shape index (κ2) is 9.84. The molecule has 160 valence electrons. The van der Waals surface area contributed by atoms with E-state index >= 15 is 0 Å². The van der Waals surface area contributed by atoms with Gasteiger partial charge in [-0.15, -0.1) is 0 Å². The van der Waals surface area contributed by atoms with Gasteiger partial charge in [0.05, 0.1) is 13.1 Å². The SMILES string of the molecule is CCNC(=NCc1ccc2c(c1)OCO2)NCc1ccc(Cn2ccccc2=O)cc1. The second-order valence-electron chi connectivity index (χ2n) is 7.22. The number of guanidine groups is 1. The number of nitrogens with one attached hydrogen (secondary N) is 2. The minimum Gasteiger partial charge on any atom is -0.454 e. The summed E-state index contributed by atoms with van der Waals surface area (Å²) in [6.45, 7) is 4.84. The lowest BCUT2D eigenvalue weighted by molar-refractivity contribution is 0.174. The van der Waals surface area contributed by atoms with Gasteiger partial charge in [-0.3, -0.25) is 4.79 Å². The minimum atomic E-state index is 0.00203. The van der Waals surface area contributed by atoms with E-state index in [4.69, 9.17) is 9.47 Å². The van der Waals surface area contributed by atoms with Crippen molar-refractivity contribution < 1.29 is 9.47 Å². The van der Waals surface area contributed by atoms with Crippen molar-refractivity contribution >= 4 is 5.96 Å². The zero-order valence-electron chi connectivity index (χ0n) is 17.5. The summed E-state index contributed by atoms with van der Waals surface area (Å²) in [5, 5.41) is 6.64. The molecular formula is C24H26N4O3. The van der Waals surface area contributed by atoms with E-state index in [1.165, 1.54) is 0 Å². The molecule has 0 bridgehead atoms. The molecule has 0 amide bonds. The van der Waals surface area contributed by atoms with E-state index in [-0.39, 0.29) is 12.4 Å². The molecule has 2 heterocycles. The van der Waals surface area contributed by atoms with Crippen molar-refractivity contribution in [3.05, 3.63) is 93.9 Å². The summed E-state index contributed by atoms with van der Waals surface area (Å²) >= 11 is 0. The maximum absolute atomic E-state index is 11.9. The fourth-order valence-corrected chi connectivity index (χ4v) is 3.29. The van der Waals surface area contributed by atoms with Crippen molar-refractivity contribution in [1.82, 2.24) is 15.2 Å². The monoisotopic (exact) mass is 418 g/mol. The van der Waals surface area contributed by atoms with Gasteiger partial charge in [0.25, 0.3) is 5.56 Å². The van der Waals surface area contributed by atoms with Gasteiger partial charge in [-0.25, -0.2) is 4.99 Å². The highest BCUT2D eigenvalue weighted by Gasteiger charge is 2.13. The standard InChI is InChI=1S/C24H26N4O3/c1-2-25-24(27-15-20-10-11-21-22(13-20)31-17-30-21)26-14-18-6-8-19(9-7-18)16-28-12-4-3-5-23(28)29/h3-13H,2,14-17H2,1H3,(H2,25,26,27). The molecule has 1 aromatic heterocycles. The number of aliphatic imine (C=N–C) groups is 1. The number of benzene rings is 2. The van der Waals surface area contributed by atoms with Gasteiger partial charge >= 0.3 is 0 Å². The van der Waals surface area contributed by atoms with Crippen LogP contribution in [0.1, 0.15) is 23.6 Å². The van der Waals surface area contributed by atoms with Crippen molar-refractivity contribution in [2.24, 2.45) is 4.99 Å². The van der Waals surface area contributed by atoms with Gasteiger partial charge < -0.3 is 24.7 Å². The fraction of sp³-hybridized carbons (Fsp3) is 0.250. The highest BCUT2D eigenvalue weighted by molar-refractivity contribution is 5.79. The first-order chi connectivity index (χ1) is 15.2. The molecule has 0 saturated carbocycles. The van der Waals surface area contributed by atoms with Crippen LogP contribution < -0.4 is 25.7 Å². The molecular weight excluding hydrogens is 392 g/mol. The minimum absolute atomic E-state index is 0.00203. The molecule has 2 aromatic carbocycles. The first-order valence-electron chi connectivity index (χ1n) is 10.4. The molecule has 0 saturated heterocycles. The Morgan fingerprint density at radius 3 is 2.55 bits per heavy atom. The highest BCUT2D eigenvalue weighted by atomic mass is 16.7. The third-order valence-corrected chi connectivity index (χ3v) is 4.94. The number of ether oxygens (including phenoxy) is 2. The van der Waals surface area contributed by atoms with Crippen LogP contribution in [0.15, 0.2) is 76.6 Å². The summed E-state index contributed by atoms with van der Waals surface area (Å²) in [6.07, 6.45) is 1.80. The van der Waals surface area contributed by atoms with E-state index < -0.39 is 0 Å². The highest BCUT2D eigenvalue weighted by Crippen LogP contribution is 2.32. The zero-order valence-corrected chi connectivity index (χ0v) is 17.5. The van der Waals surface area contributed by atoms with Crippen LogP contribution in [0.25, 0.3) is 0 Å². The summed E-state index contributed by atoms with van der Waals surface area (Å²) in [5.74, 6) is 2.29. The normalized spacial score (nSPS) is 12.6. The molecule has 7 nitrogen and oxygen atoms in total. The zero-order chi connectivity index (χ0) is 21.5. The Hall–Kier alpha value is -3.74. The van der Waals surface area contributed by atoms with Gasteiger partial charge in [0, 0.05) is 25.4 Å². The molecule has 0 atom stereocenters. The average molecular weight is 418 g/mol. The number of hydrogen-bond acceptors (Lipinski definition) is 4. The number of fused-ring (bicyclic) bond motifs is 1. The number of pyridine rings is 1. The molecule has 31 heavy (non-hydrogen) atoms. The summed E-state index contributed by atoms with van der Waals surface area (Å²) in [6, 6.07) is 19.3. The van der Waals surface area contributed by atoms with E-state index in [2.05, 4.69) is 27.8 Å². The second-order valence-corrected chi connectivity index (χ2v) is 7.22. The van der Waals surface area contributed by atoms with Gasteiger partial charge in [0.2, 0.25) is 6.79 Å². The molecule has 4 rings (SSSR count). The number of hydrogen-bond donors (Lipinski definition) is 2. The average Bonchev–Trinajstić information content (AvgIpc) is 3.26. The molecule has 1 aliphatic rings. The van der Waals surface area contributed by atoms with Crippen LogP contribution in [0.3, 0.4) is 0 Å². The van der Waals surface area contributed by atoms with Crippen LogP contribution >= 0.6 is 0 Å². The Morgan fingerprint density at radius 2 is 1.74 bits per heavy atom. The molecule has 0 fully saturated rings. The lowest BCUT2D eigenvalue weighted by atomic mass is 10.1. The fourth-order valence-electron chi connectivity index (χ4n) is 3.29. The lowest BCUT2D eigenvalue weighted by Crippen LogP contribution is -2.36. The topological polar surface area (TPSA) is 76.9 Å². The molecule has 2 N–H and O–H groups in total. The molecule has 1 aliphatic heterocycles. The summed E-state index contributed by atoms with van der Waals surface area (Å²) < 4.78 is 12.5. The molecule has 3 aromatic rings. The number of aromatic nitrogens is 1. The Balaban J connectivity index is 1.35. The van der Waals surface area contributed by atoms with E-state index in [0.29, 0.717) is 19.6 Å². The Bertz CT molecular complexity index is 1110. The van der Waals surface area contributed by atoms with Gasteiger partial charge in [0.1, 0.15) is 0 Å². The Morgan fingerprint density at radius 1 is 0.968 bits per heavy atom. The third-order valence-electron chi connectivity index (χ3n) is 4.94. The van der Waals surface area contributed by atoms with E-state index in [1.54, 1.807) is 22.9 Å². The predicted molar refractivity (Wildman–Crippen MR) is 120 cm³/mol. The van der Waals surface area contributed by atoms with Crippen LogP contribution in [0.4, 0.5) is 0 Å². The smallest absolute Gasteiger partial charge is 0.250 e. The van der Waals surface area contributed by atoms with Crippen LogP contribution in [-0.4, -0.2) is 23.9 Å². The maximum Gasteiger partial charge on any atom is 0.250 e. The summed E-state index contributed by atoms with van der Waals surface area (Å²) in [4.78, 5) is 16.5. The molecule has 0 aliphatic carbocycles. The Kier molecular flexibility index (Phi) is 6.52. The molecule has 0 spiro atoms. The van der Waals surface area contributed by atoms with E-state index in [9.17, 15) is 4.79 Å². The largest absolute Gasteiger partial charge is 0.454 e. The van der Waals surface area contributed by atoms with Crippen LogP contribution in [0.2, 0.25) is 0 Å². The van der Waals surface area contributed by atoms with E-state index in [1.807, 2.05) is 43.3 Å². The predicted octanol–water partition coefficient (Wildman–Crippen LogP) is 2.88. The van der Waals surface area contributed by atoms with E-state index in [0.717, 1.165) is 40.7 Å². The lowest BCUT2D eigenvalue weighted by Gasteiger charge is -2.12. The van der Waals surface area contributed by atoms with Crippen LogP contribution in [0.5, 0.6) is 11.5 Å². The number of rotatable bonds is 7. The summed E-state index contributed by atoms with van der Waals surface area (Å²) in [5.41, 5.74) is 3.28. The van der Waals surface area contributed by atoms with Gasteiger partial charge in [-0.2, -0.15) is 0 Å². The van der Waals surface area contributed by atoms with Crippen LogP contribution in [0, 0.1) is 0 Å². The Labute approximate surface area is 181 Å². The van der Waals surface area contributed by atoms with Crippen molar-refractivity contribution in [2.75, 3.05) is 13.3 Å². The van der Waals surface area contributed by atoms with Crippen molar-refractivity contribution in [3.63, 3.8) is 0 Å². The first kappa shape index (κ1) is 20.5. The van der Waals surface area contributed by atoms with Crippen LogP contribution in [-0.2, 0) is 19.6 Å². The van der Waals surface area contributed by atoms with Gasteiger partial charge in [0.15, 0.2) is 17.5 Å². The quantitative estimate of drug-likeness (QED) is 0.456.